The van der Waals surface area contributed by atoms with Crippen LogP contribution in [0.3, 0.4) is 0 Å². The molecule has 0 aliphatic heterocycles. The molecule has 0 saturated heterocycles. The molecule has 0 radical (unpaired) electrons. The van der Waals surface area contributed by atoms with Gasteiger partial charge in [-0.3, -0.25) is 24.2 Å². The number of nitrogens with two attached hydrogens (primary N) is 2. The van der Waals surface area contributed by atoms with Gasteiger partial charge in [0.05, 0.1) is 16.8 Å². The highest BCUT2D eigenvalue weighted by molar-refractivity contribution is 7.19. The third-order valence-electron chi connectivity index (χ3n) is 4.43. The normalized spacial score (nSPS) is 10.7. The van der Waals surface area contributed by atoms with Gasteiger partial charge < -0.3 is 37.5 Å². The van der Waals surface area contributed by atoms with Crippen molar-refractivity contribution in [2.45, 2.75) is 32.7 Å². The quantitative estimate of drug-likeness (QED) is 0.149. The largest absolute Gasteiger partial charge is 0.375 e. The summed E-state index contributed by atoms with van der Waals surface area (Å²) < 4.78 is 5.41. The van der Waals surface area contributed by atoms with Crippen molar-refractivity contribution in [3.8, 4) is 6.07 Å². The number of guanidine groups is 1. The number of thiazole rings is 1. The molecule has 8 N–H and O–H groups in total. The van der Waals surface area contributed by atoms with Crippen molar-refractivity contribution in [3.63, 3.8) is 0 Å². The Bertz CT molecular complexity index is 1170. The topological polar surface area (TPSA) is 227 Å². The fraction of sp³-hybridized carbons (Fsp3) is 0.435. The zero-order chi connectivity index (χ0) is 28.5. The highest BCUT2D eigenvalue weighted by atomic mass is 32.1. The van der Waals surface area contributed by atoms with E-state index in [9.17, 15) is 19.2 Å². The molecule has 1 aromatic heterocycles. The van der Waals surface area contributed by atoms with Crippen molar-refractivity contribution < 1.29 is 23.9 Å². The summed E-state index contributed by atoms with van der Waals surface area (Å²) in [5.74, 6) is -1.55. The van der Waals surface area contributed by atoms with E-state index < -0.39 is 23.8 Å². The lowest BCUT2D eigenvalue weighted by molar-refractivity contribution is -0.129. The summed E-state index contributed by atoms with van der Waals surface area (Å²) in [6.07, 6.45) is 0.999. The van der Waals surface area contributed by atoms with Gasteiger partial charge in [0.15, 0.2) is 11.0 Å². The highest BCUT2D eigenvalue weighted by Gasteiger charge is 2.16. The van der Waals surface area contributed by atoms with E-state index in [1.165, 1.54) is 25.4 Å². The van der Waals surface area contributed by atoms with Gasteiger partial charge in [0, 0.05) is 32.3 Å². The third kappa shape index (κ3) is 12.6. The molecule has 0 aliphatic rings. The SMILES string of the molecule is CCCN=C(N)N.COCC(=O)NCCC(=O)NC(C)C(=O)NCC(=O)Nc1ccc2nc(C#N)sc2c1. The van der Waals surface area contributed by atoms with E-state index in [0.717, 1.165) is 17.7 Å². The first kappa shape index (κ1) is 31.7. The zero-order valence-corrected chi connectivity index (χ0v) is 22.3. The molecular weight excluding hydrogens is 514 g/mol. The number of methoxy groups -OCH3 is 1. The Morgan fingerprint density at radius 2 is 1.92 bits per heavy atom. The number of aromatic nitrogens is 1. The van der Waals surface area contributed by atoms with Crippen LogP contribution in [0, 0.1) is 11.3 Å². The first-order valence-electron chi connectivity index (χ1n) is 11.6. The molecule has 1 unspecified atom stereocenters. The van der Waals surface area contributed by atoms with Crippen molar-refractivity contribution in [1.29, 1.82) is 5.26 Å². The molecule has 15 heteroatoms. The number of carbonyl (C=O) groups is 4. The molecule has 0 bridgehead atoms. The third-order valence-corrected chi connectivity index (χ3v) is 5.35. The predicted molar refractivity (Wildman–Crippen MR) is 144 cm³/mol. The van der Waals surface area contributed by atoms with E-state index in [2.05, 4.69) is 36.0 Å². The van der Waals surface area contributed by atoms with Crippen LogP contribution < -0.4 is 32.7 Å². The Balaban J connectivity index is 0.000000905. The number of aliphatic imine (C=N–C) groups is 1. The Hall–Kier alpha value is -4.29. The molecule has 14 nitrogen and oxygen atoms in total. The molecule has 1 aromatic carbocycles. The predicted octanol–water partition coefficient (Wildman–Crippen LogP) is -0.450. The van der Waals surface area contributed by atoms with Crippen LogP contribution in [0.25, 0.3) is 10.2 Å². The summed E-state index contributed by atoms with van der Waals surface area (Å²) in [7, 11) is 1.39. The van der Waals surface area contributed by atoms with Gasteiger partial charge in [0.1, 0.15) is 18.7 Å². The molecule has 1 atom stereocenters. The van der Waals surface area contributed by atoms with Gasteiger partial charge in [-0.2, -0.15) is 5.26 Å². The second-order valence-electron chi connectivity index (χ2n) is 7.71. The molecule has 2 rings (SSSR count). The van der Waals surface area contributed by atoms with E-state index in [1.807, 2.05) is 13.0 Å². The van der Waals surface area contributed by atoms with Crippen LogP contribution in [-0.4, -0.2) is 74.0 Å². The minimum atomic E-state index is -0.854. The van der Waals surface area contributed by atoms with Crippen LogP contribution in [0.15, 0.2) is 23.2 Å². The van der Waals surface area contributed by atoms with Gasteiger partial charge in [-0.15, -0.1) is 11.3 Å². The summed E-state index contributed by atoms with van der Waals surface area (Å²) in [5.41, 5.74) is 11.2. The molecule has 0 aliphatic carbocycles. The van der Waals surface area contributed by atoms with Crippen molar-refractivity contribution >= 4 is 56.8 Å². The summed E-state index contributed by atoms with van der Waals surface area (Å²) in [6.45, 7) is 3.98. The molecule has 206 valence electrons. The Morgan fingerprint density at radius 1 is 1.18 bits per heavy atom. The molecule has 2 aromatic rings. The van der Waals surface area contributed by atoms with Crippen LogP contribution in [0.5, 0.6) is 0 Å². The minimum absolute atomic E-state index is 0.00112. The van der Waals surface area contributed by atoms with Gasteiger partial charge in [-0.1, -0.05) is 6.92 Å². The van der Waals surface area contributed by atoms with Gasteiger partial charge in [-0.25, -0.2) is 4.98 Å². The van der Waals surface area contributed by atoms with Crippen molar-refractivity contribution in [1.82, 2.24) is 20.9 Å². The molecule has 0 spiro atoms. The Labute approximate surface area is 224 Å². The first-order valence-corrected chi connectivity index (χ1v) is 12.4. The maximum atomic E-state index is 12.1. The van der Waals surface area contributed by atoms with E-state index in [0.29, 0.717) is 16.2 Å². The number of carbonyl (C=O) groups excluding carboxylic acids is 4. The van der Waals surface area contributed by atoms with Crippen molar-refractivity contribution in [2.24, 2.45) is 16.5 Å². The molecule has 1 heterocycles. The monoisotopic (exact) mass is 547 g/mol. The molecule has 38 heavy (non-hydrogen) atoms. The second kappa shape index (κ2) is 17.2. The lowest BCUT2D eigenvalue weighted by Crippen LogP contribution is -2.47. The maximum Gasteiger partial charge on any atom is 0.245 e. The summed E-state index contributed by atoms with van der Waals surface area (Å²) in [5, 5.41) is 19.3. The van der Waals surface area contributed by atoms with Crippen LogP contribution in [0.1, 0.15) is 31.7 Å². The number of benzene rings is 1. The zero-order valence-electron chi connectivity index (χ0n) is 21.5. The molecule has 4 amide bonds. The first-order chi connectivity index (χ1) is 18.1. The van der Waals surface area contributed by atoms with E-state index in [4.69, 9.17) is 16.7 Å². The smallest absolute Gasteiger partial charge is 0.245 e. The number of rotatable bonds is 12. The van der Waals surface area contributed by atoms with E-state index >= 15 is 0 Å². The van der Waals surface area contributed by atoms with Crippen LogP contribution in [0.4, 0.5) is 5.69 Å². The molecular formula is C23H33N9O5S. The molecule has 0 fully saturated rings. The summed E-state index contributed by atoms with van der Waals surface area (Å²) in [6, 6.07) is 6.16. The average molecular weight is 548 g/mol. The maximum absolute atomic E-state index is 12.1. The summed E-state index contributed by atoms with van der Waals surface area (Å²) in [4.78, 5) is 55.1. The number of anilines is 1. The number of ether oxygens (including phenoxy) is 1. The number of hydrogen-bond acceptors (Lipinski definition) is 9. The van der Waals surface area contributed by atoms with Crippen LogP contribution in [0.2, 0.25) is 0 Å². The lowest BCUT2D eigenvalue weighted by atomic mass is 10.2. The van der Waals surface area contributed by atoms with Gasteiger partial charge >= 0.3 is 0 Å². The fourth-order valence-electron chi connectivity index (χ4n) is 2.69. The number of nitrogens with zero attached hydrogens (tertiary/aromatic N) is 3. The fourth-order valence-corrected chi connectivity index (χ4v) is 3.50. The van der Waals surface area contributed by atoms with Gasteiger partial charge in [0.25, 0.3) is 0 Å². The number of nitrogens with one attached hydrogen (secondary N) is 4. The van der Waals surface area contributed by atoms with Crippen molar-refractivity contribution in [3.05, 3.63) is 23.2 Å². The van der Waals surface area contributed by atoms with Crippen LogP contribution in [-0.2, 0) is 23.9 Å². The number of hydrogen-bond donors (Lipinski definition) is 6. The van der Waals surface area contributed by atoms with E-state index in [1.54, 1.807) is 18.2 Å². The Morgan fingerprint density at radius 3 is 2.53 bits per heavy atom. The van der Waals surface area contributed by atoms with Gasteiger partial charge in [0.2, 0.25) is 23.6 Å². The van der Waals surface area contributed by atoms with E-state index in [-0.39, 0.29) is 38.0 Å². The van der Waals surface area contributed by atoms with Crippen molar-refractivity contribution in [2.75, 3.05) is 38.7 Å². The summed E-state index contributed by atoms with van der Waals surface area (Å²) >= 11 is 1.21. The Kier molecular flexibility index (Phi) is 14.4. The standard InChI is InChI=1S/C19H22N6O5S.C4H11N3/c1-11(23-15(26)5-6-21-17(28)10-30-2)19(29)22-9-16(27)24-12-3-4-13-14(7-12)31-18(8-20)25-13;1-2-3-7-4(5)6/h3-4,7,11H,5-6,9-10H2,1-2H3,(H,21,28)(H,22,29)(H,23,26)(H,24,27);2-3H2,1H3,(H4,5,6,7). The van der Waals surface area contributed by atoms with Gasteiger partial charge in [-0.05, 0) is 31.5 Å². The number of amides is 4. The highest BCUT2D eigenvalue weighted by Crippen LogP contribution is 2.24. The average Bonchev–Trinajstić information content (AvgIpc) is 3.29. The minimum Gasteiger partial charge on any atom is -0.375 e. The number of fused-ring (bicyclic) bond motifs is 1. The lowest BCUT2D eigenvalue weighted by Gasteiger charge is -2.14. The van der Waals surface area contributed by atoms with Crippen LogP contribution >= 0.6 is 11.3 Å². The number of nitriles is 1. The molecule has 0 saturated carbocycles. The second-order valence-corrected chi connectivity index (χ2v) is 8.74.